The molecule has 0 radical (unpaired) electrons. The van der Waals surface area contributed by atoms with E-state index in [0.717, 1.165) is 35.5 Å². The molecule has 0 saturated heterocycles. The molecule has 5 nitrogen and oxygen atoms in total. The van der Waals surface area contributed by atoms with Crippen LogP contribution in [0.25, 0.3) is 0 Å². The number of aliphatic hydroxyl groups excluding tert-OH is 1. The Bertz CT molecular complexity index is 995. The van der Waals surface area contributed by atoms with Gasteiger partial charge >= 0.3 is 12.3 Å². The Morgan fingerprint density at radius 1 is 1.12 bits per heavy atom. The number of nitrogens with one attached hydrogen (secondary N) is 1. The molecule has 0 saturated carbocycles. The maximum absolute atomic E-state index is 13.0. The van der Waals surface area contributed by atoms with Crippen LogP contribution >= 0.6 is 23.4 Å². The molecule has 0 aromatic heterocycles. The van der Waals surface area contributed by atoms with Crippen molar-refractivity contribution in [3.63, 3.8) is 0 Å². The van der Waals surface area contributed by atoms with Crippen LogP contribution in [0, 0.1) is 0 Å². The van der Waals surface area contributed by atoms with E-state index in [0.29, 0.717) is 22.8 Å². The van der Waals surface area contributed by atoms with Crippen LogP contribution in [-0.4, -0.2) is 34.1 Å². The summed E-state index contributed by atoms with van der Waals surface area (Å²) in [6, 6.07) is 7.72. The van der Waals surface area contributed by atoms with Crippen LogP contribution in [-0.2, 0) is 17.3 Å². The van der Waals surface area contributed by atoms with E-state index in [4.69, 9.17) is 16.3 Å². The molecule has 33 heavy (non-hydrogen) atoms. The van der Waals surface area contributed by atoms with Gasteiger partial charge in [0, 0.05) is 9.92 Å². The number of carbonyl (C=O) groups excluding carboxylic acids is 1. The number of aliphatic hydroxyl groups is 1. The third kappa shape index (κ3) is 8.32. The lowest BCUT2D eigenvalue weighted by atomic mass is 9.94. The third-order valence-electron chi connectivity index (χ3n) is 4.64. The summed E-state index contributed by atoms with van der Waals surface area (Å²) in [6.07, 6.45) is -4.37. The van der Waals surface area contributed by atoms with Crippen LogP contribution in [0.2, 0.25) is 5.02 Å². The minimum absolute atomic E-state index is 0.0584. The average molecular weight is 506 g/mol. The largest absolute Gasteiger partial charge is 0.507 e. The van der Waals surface area contributed by atoms with Gasteiger partial charge in [0.2, 0.25) is 0 Å². The summed E-state index contributed by atoms with van der Waals surface area (Å²) in [5, 5.41) is 22.8. The van der Waals surface area contributed by atoms with Crippen molar-refractivity contribution in [2.24, 2.45) is 0 Å². The number of halogens is 4. The van der Waals surface area contributed by atoms with Crippen molar-refractivity contribution in [1.82, 2.24) is 5.32 Å². The Balaban J connectivity index is 2.09. The van der Waals surface area contributed by atoms with Crippen molar-refractivity contribution in [2.75, 3.05) is 6.61 Å². The second-order valence-corrected chi connectivity index (χ2v) is 10.4. The zero-order valence-electron chi connectivity index (χ0n) is 18.7. The lowest BCUT2D eigenvalue weighted by Gasteiger charge is -2.30. The molecule has 0 aliphatic heterocycles. The van der Waals surface area contributed by atoms with Gasteiger partial charge in [0.1, 0.15) is 11.4 Å². The minimum atomic E-state index is -4.52. The third-order valence-corrected chi connectivity index (χ3v) is 6.03. The van der Waals surface area contributed by atoms with E-state index in [1.54, 1.807) is 45.9 Å². The number of ether oxygens (including phenoxy) is 1. The molecule has 1 amide bonds. The SMILES string of the molecule is CC(C)(C)OC(=O)N[C@](C)(CO)CCc1ccc(Sc2cc(C(F)(F)F)ccc2O)cc1Cl. The zero-order valence-corrected chi connectivity index (χ0v) is 20.3. The number of alkyl carbamates (subject to hydrolysis) is 1. The van der Waals surface area contributed by atoms with E-state index >= 15 is 0 Å². The van der Waals surface area contributed by atoms with Crippen molar-refractivity contribution in [3.05, 3.63) is 52.5 Å². The Kier molecular flexibility index (Phi) is 8.59. The molecule has 0 heterocycles. The number of rotatable bonds is 7. The van der Waals surface area contributed by atoms with Crippen LogP contribution in [0.15, 0.2) is 46.2 Å². The first kappa shape index (κ1) is 27.1. The van der Waals surface area contributed by atoms with Gasteiger partial charge in [-0.2, -0.15) is 13.2 Å². The highest BCUT2D eigenvalue weighted by molar-refractivity contribution is 7.99. The number of benzene rings is 2. The van der Waals surface area contributed by atoms with Crippen LogP contribution in [0.5, 0.6) is 5.75 Å². The summed E-state index contributed by atoms with van der Waals surface area (Å²) in [6.45, 7) is 6.59. The van der Waals surface area contributed by atoms with Crippen molar-refractivity contribution in [1.29, 1.82) is 0 Å². The van der Waals surface area contributed by atoms with E-state index in [9.17, 15) is 28.2 Å². The van der Waals surface area contributed by atoms with Gasteiger partial charge in [-0.3, -0.25) is 0 Å². The first-order valence-corrected chi connectivity index (χ1v) is 11.3. The van der Waals surface area contributed by atoms with Crippen molar-refractivity contribution < 1.29 is 32.9 Å². The second-order valence-electron chi connectivity index (χ2n) is 8.88. The fourth-order valence-corrected chi connectivity index (χ4v) is 4.10. The summed E-state index contributed by atoms with van der Waals surface area (Å²) in [4.78, 5) is 12.7. The first-order chi connectivity index (χ1) is 15.1. The second kappa shape index (κ2) is 10.4. The fraction of sp³-hybridized carbons (Fsp3) is 0.435. The summed E-state index contributed by atoms with van der Waals surface area (Å²) in [5.74, 6) is -0.264. The van der Waals surface area contributed by atoms with E-state index in [2.05, 4.69) is 5.32 Å². The molecule has 10 heteroatoms. The van der Waals surface area contributed by atoms with Crippen LogP contribution in [0.1, 0.15) is 45.2 Å². The predicted molar refractivity (Wildman–Crippen MR) is 122 cm³/mol. The number of amides is 1. The molecule has 0 aliphatic rings. The highest BCUT2D eigenvalue weighted by Crippen LogP contribution is 2.40. The molecular formula is C23H27ClF3NO4S. The number of alkyl halides is 3. The van der Waals surface area contributed by atoms with Gasteiger partial charge in [0.05, 0.1) is 22.6 Å². The Labute approximate surface area is 200 Å². The lowest BCUT2D eigenvalue weighted by molar-refractivity contribution is -0.137. The minimum Gasteiger partial charge on any atom is -0.507 e. The number of hydrogen-bond donors (Lipinski definition) is 3. The average Bonchev–Trinajstić information content (AvgIpc) is 2.66. The van der Waals surface area contributed by atoms with Gasteiger partial charge in [-0.25, -0.2) is 4.79 Å². The summed E-state index contributed by atoms with van der Waals surface area (Å²) >= 11 is 7.33. The van der Waals surface area contributed by atoms with Crippen molar-refractivity contribution in [3.8, 4) is 5.75 Å². The molecule has 2 rings (SSSR count). The monoisotopic (exact) mass is 505 g/mol. The topological polar surface area (TPSA) is 78.8 Å². The number of phenolic OH excluding ortho intramolecular Hbond substituents is 1. The molecule has 0 fully saturated rings. The van der Waals surface area contributed by atoms with Crippen molar-refractivity contribution in [2.45, 2.75) is 67.6 Å². The number of aromatic hydroxyl groups is 1. The van der Waals surface area contributed by atoms with Gasteiger partial charge in [0.15, 0.2) is 0 Å². The Morgan fingerprint density at radius 2 is 1.79 bits per heavy atom. The molecule has 1 atom stereocenters. The Morgan fingerprint density at radius 3 is 2.33 bits per heavy atom. The quantitative estimate of drug-likeness (QED) is 0.404. The molecular weight excluding hydrogens is 479 g/mol. The standard InChI is InChI=1S/C23H27ClF3NO4S/c1-21(2,3)32-20(31)28-22(4,13-29)10-9-14-5-7-16(12-17(14)24)33-19-11-15(23(25,26)27)6-8-18(19)30/h5-8,11-12,29-30H,9-10,13H2,1-4H3,(H,28,31)/t22-/m0/s1. The first-order valence-electron chi connectivity index (χ1n) is 10.1. The van der Waals surface area contributed by atoms with Crippen LogP contribution in [0.4, 0.5) is 18.0 Å². The van der Waals surface area contributed by atoms with E-state index < -0.39 is 29.0 Å². The fourth-order valence-electron chi connectivity index (χ4n) is 2.84. The molecule has 2 aromatic carbocycles. The predicted octanol–water partition coefficient (Wildman–Crippen LogP) is 6.42. The molecule has 182 valence electrons. The summed E-state index contributed by atoms with van der Waals surface area (Å²) in [5.41, 5.74) is -1.74. The molecule has 0 spiro atoms. The van der Waals surface area contributed by atoms with Crippen LogP contribution in [0.3, 0.4) is 0 Å². The smallest absolute Gasteiger partial charge is 0.416 e. The van der Waals surface area contributed by atoms with E-state index in [1.165, 1.54) is 0 Å². The highest BCUT2D eigenvalue weighted by Gasteiger charge is 2.31. The summed E-state index contributed by atoms with van der Waals surface area (Å²) < 4.78 is 44.1. The van der Waals surface area contributed by atoms with E-state index in [-0.39, 0.29) is 17.3 Å². The van der Waals surface area contributed by atoms with Gasteiger partial charge in [-0.1, -0.05) is 29.4 Å². The molecule has 2 aromatic rings. The molecule has 3 N–H and O–H groups in total. The normalized spacial score (nSPS) is 14.0. The number of carbonyl (C=O) groups is 1. The molecule has 0 bridgehead atoms. The number of phenols is 1. The lowest BCUT2D eigenvalue weighted by Crippen LogP contribution is -2.50. The zero-order chi connectivity index (χ0) is 25.0. The van der Waals surface area contributed by atoms with Gasteiger partial charge in [0.25, 0.3) is 0 Å². The number of hydrogen-bond acceptors (Lipinski definition) is 5. The van der Waals surface area contributed by atoms with Gasteiger partial charge in [-0.15, -0.1) is 0 Å². The van der Waals surface area contributed by atoms with Crippen molar-refractivity contribution >= 4 is 29.5 Å². The van der Waals surface area contributed by atoms with Gasteiger partial charge < -0.3 is 20.3 Å². The highest BCUT2D eigenvalue weighted by atomic mass is 35.5. The maximum atomic E-state index is 13.0. The number of aryl methyl sites for hydroxylation is 1. The maximum Gasteiger partial charge on any atom is 0.416 e. The Hall–Kier alpha value is -2.10. The molecule has 0 unspecified atom stereocenters. The van der Waals surface area contributed by atoms with Crippen LogP contribution < -0.4 is 5.32 Å². The molecule has 0 aliphatic carbocycles. The van der Waals surface area contributed by atoms with Gasteiger partial charge in [-0.05, 0) is 76.4 Å². The van der Waals surface area contributed by atoms with E-state index in [1.807, 2.05) is 0 Å². The summed E-state index contributed by atoms with van der Waals surface area (Å²) in [7, 11) is 0.